The second-order valence-corrected chi connectivity index (χ2v) is 13.3. The molecule has 1 N–H and O–H groups in total. The van der Waals surface area contributed by atoms with E-state index in [-0.39, 0.29) is 27.6 Å². The van der Waals surface area contributed by atoms with Crippen LogP contribution >= 0.6 is 0 Å². The first-order valence-corrected chi connectivity index (χ1v) is 11.6. The van der Waals surface area contributed by atoms with Crippen molar-refractivity contribution in [2.75, 3.05) is 33.5 Å². The van der Waals surface area contributed by atoms with E-state index >= 15 is 0 Å². The molecule has 0 saturated carbocycles. The van der Waals surface area contributed by atoms with Crippen molar-refractivity contribution in [3.63, 3.8) is 0 Å². The first kappa shape index (κ1) is 22.9. The van der Waals surface area contributed by atoms with Gasteiger partial charge in [-0.15, -0.1) is 0 Å². The molecule has 174 valence electrons. The quantitative estimate of drug-likeness (QED) is 0.640. The first-order chi connectivity index (χ1) is 13.5. The van der Waals surface area contributed by atoms with Crippen LogP contribution in [0.5, 0.6) is 0 Å². The zero-order valence-corrected chi connectivity index (χ0v) is 20.7. The van der Waals surface area contributed by atoms with E-state index in [0.29, 0.717) is 26.4 Å². The largest absolute Gasteiger partial charge is 0.349 e. The summed E-state index contributed by atoms with van der Waals surface area (Å²) >= 11 is 0. The van der Waals surface area contributed by atoms with Crippen molar-refractivity contribution in [2.24, 2.45) is 5.41 Å². The Morgan fingerprint density at radius 3 is 1.27 bits per heavy atom. The molecule has 4 heterocycles. The van der Waals surface area contributed by atoms with Gasteiger partial charge in [0.05, 0.1) is 31.8 Å². The van der Waals surface area contributed by atoms with Gasteiger partial charge >= 0.3 is 0 Å². The smallest absolute Gasteiger partial charge is 0.171 e. The van der Waals surface area contributed by atoms with Crippen LogP contribution in [0.3, 0.4) is 0 Å². The molecule has 0 radical (unpaired) electrons. The Labute approximate surface area is 183 Å². The molecule has 6 heteroatoms. The zero-order chi connectivity index (χ0) is 22.3. The van der Waals surface area contributed by atoms with Crippen LogP contribution in [-0.2, 0) is 18.9 Å². The summed E-state index contributed by atoms with van der Waals surface area (Å²) in [6.07, 6.45) is 3.44. The summed E-state index contributed by atoms with van der Waals surface area (Å²) in [6, 6.07) is 0. The molecule has 0 atom stereocenters. The summed E-state index contributed by atoms with van der Waals surface area (Å²) in [6.45, 7) is 20.6. The molecule has 0 unspecified atom stereocenters. The highest BCUT2D eigenvalue weighted by molar-refractivity contribution is 5.06. The van der Waals surface area contributed by atoms with Gasteiger partial charge in [-0.05, 0) is 62.4 Å². The summed E-state index contributed by atoms with van der Waals surface area (Å²) in [7, 11) is 2.21. The maximum atomic E-state index is 6.56. The van der Waals surface area contributed by atoms with Crippen LogP contribution in [0.4, 0.5) is 0 Å². The van der Waals surface area contributed by atoms with Crippen molar-refractivity contribution in [1.29, 1.82) is 0 Å². The summed E-state index contributed by atoms with van der Waals surface area (Å²) in [5.74, 6) is -1.03. The summed E-state index contributed by atoms with van der Waals surface area (Å²) in [4.78, 5) is 2.46. The van der Waals surface area contributed by atoms with Crippen molar-refractivity contribution in [3.05, 3.63) is 0 Å². The molecule has 4 saturated heterocycles. The summed E-state index contributed by atoms with van der Waals surface area (Å²) in [5, 5.41) is 3.72. The minimum absolute atomic E-state index is 0.0160. The fourth-order valence-electron chi connectivity index (χ4n) is 6.73. The SMILES string of the molecule is CN1C(C)(C)CC2(CC1(C)C)OCC1(COC3(CC(C)(C)NC(C)(C)C3)OC1)CO2. The fraction of sp³-hybridized carbons (Fsp3) is 1.00. The summed E-state index contributed by atoms with van der Waals surface area (Å²) in [5.41, 5.74) is -0.236. The monoisotopic (exact) mass is 424 g/mol. The Kier molecular flexibility index (Phi) is 5.08. The van der Waals surface area contributed by atoms with Gasteiger partial charge in [-0.1, -0.05) is 0 Å². The highest BCUT2D eigenvalue weighted by Gasteiger charge is 2.59. The average molecular weight is 425 g/mol. The zero-order valence-electron chi connectivity index (χ0n) is 20.7. The van der Waals surface area contributed by atoms with E-state index < -0.39 is 11.6 Å². The van der Waals surface area contributed by atoms with E-state index in [4.69, 9.17) is 18.9 Å². The van der Waals surface area contributed by atoms with Crippen molar-refractivity contribution in [1.82, 2.24) is 10.2 Å². The van der Waals surface area contributed by atoms with E-state index in [1.165, 1.54) is 0 Å². The van der Waals surface area contributed by atoms with E-state index in [9.17, 15) is 0 Å². The summed E-state index contributed by atoms with van der Waals surface area (Å²) < 4.78 is 26.1. The van der Waals surface area contributed by atoms with Crippen molar-refractivity contribution >= 4 is 0 Å². The number of likely N-dealkylation sites (tertiary alicyclic amines) is 1. The third kappa shape index (κ3) is 4.08. The highest BCUT2D eigenvalue weighted by atomic mass is 16.7. The molecule has 0 amide bonds. The van der Waals surface area contributed by atoms with Gasteiger partial charge in [0.15, 0.2) is 11.6 Å². The number of rotatable bonds is 0. The van der Waals surface area contributed by atoms with Gasteiger partial charge in [0.2, 0.25) is 0 Å². The molecule has 30 heavy (non-hydrogen) atoms. The molecule has 4 aliphatic heterocycles. The van der Waals surface area contributed by atoms with Gasteiger partial charge in [-0.3, -0.25) is 4.90 Å². The third-order valence-electron chi connectivity index (χ3n) is 7.88. The van der Waals surface area contributed by atoms with Crippen LogP contribution in [0.2, 0.25) is 0 Å². The van der Waals surface area contributed by atoms with Crippen LogP contribution in [0.15, 0.2) is 0 Å². The van der Waals surface area contributed by atoms with Crippen molar-refractivity contribution < 1.29 is 18.9 Å². The lowest BCUT2D eigenvalue weighted by Gasteiger charge is -2.61. The fourth-order valence-corrected chi connectivity index (χ4v) is 6.73. The third-order valence-corrected chi connectivity index (χ3v) is 7.88. The number of nitrogens with zero attached hydrogens (tertiary/aromatic N) is 1. The number of ether oxygens (including phenoxy) is 4. The van der Waals surface area contributed by atoms with Crippen molar-refractivity contribution in [3.8, 4) is 0 Å². The molecule has 6 nitrogen and oxygen atoms in total. The van der Waals surface area contributed by atoms with Gasteiger partial charge in [0.1, 0.15) is 0 Å². The maximum Gasteiger partial charge on any atom is 0.171 e. The van der Waals surface area contributed by atoms with Crippen molar-refractivity contribution in [2.45, 2.75) is 115 Å². The Morgan fingerprint density at radius 2 is 0.900 bits per heavy atom. The van der Waals surface area contributed by atoms with E-state index in [1.807, 2.05) is 0 Å². The molecule has 4 fully saturated rings. The topological polar surface area (TPSA) is 52.2 Å². The lowest BCUT2D eigenvalue weighted by Crippen LogP contribution is -2.70. The van der Waals surface area contributed by atoms with E-state index in [0.717, 1.165) is 25.7 Å². The Morgan fingerprint density at radius 1 is 0.567 bits per heavy atom. The highest BCUT2D eigenvalue weighted by Crippen LogP contribution is 2.50. The number of piperidine rings is 2. The standard InChI is InChI=1S/C24H44N2O4/c1-18(2)10-23(11-19(3,4)25-18)27-14-22(15-28-23)16-29-24(30-17-22)12-20(5,6)26(9)21(7,8)13-24/h25H,10-17H2,1-9H3. The molecule has 0 aromatic carbocycles. The first-order valence-electron chi connectivity index (χ1n) is 11.6. The predicted molar refractivity (Wildman–Crippen MR) is 117 cm³/mol. The number of hydrogen-bond acceptors (Lipinski definition) is 6. The van der Waals surface area contributed by atoms with E-state index in [2.05, 4.69) is 72.7 Å². The molecule has 0 aromatic heterocycles. The maximum absolute atomic E-state index is 6.56. The number of hydrogen-bond donors (Lipinski definition) is 1. The molecule has 0 aliphatic carbocycles. The van der Waals surface area contributed by atoms with Gasteiger partial charge in [0.25, 0.3) is 0 Å². The molecular formula is C24H44N2O4. The van der Waals surface area contributed by atoms with Gasteiger partial charge in [-0.25, -0.2) is 0 Å². The normalized spacial score (nSPS) is 35.5. The second-order valence-electron chi connectivity index (χ2n) is 13.3. The Balaban J connectivity index is 1.43. The lowest BCUT2D eigenvalue weighted by molar-refractivity contribution is -0.390. The number of nitrogens with one attached hydrogen (secondary N) is 1. The second kappa shape index (κ2) is 6.64. The Bertz CT molecular complexity index is 629. The van der Waals surface area contributed by atoms with Gasteiger partial charge in [0, 0.05) is 47.8 Å². The minimum Gasteiger partial charge on any atom is -0.349 e. The molecule has 4 rings (SSSR count). The lowest BCUT2D eigenvalue weighted by atomic mass is 9.75. The average Bonchev–Trinajstić information content (AvgIpc) is 2.55. The van der Waals surface area contributed by atoms with Gasteiger partial charge < -0.3 is 24.3 Å². The molecule has 0 aromatic rings. The molecule has 3 spiro atoms. The van der Waals surface area contributed by atoms with Crippen LogP contribution in [0.1, 0.15) is 81.1 Å². The van der Waals surface area contributed by atoms with Crippen LogP contribution in [0.25, 0.3) is 0 Å². The van der Waals surface area contributed by atoms with Crippen LogP contribution in [-0.4, -0.2) is 72.1 Å². The Hall–Kier alpha value is -0.240. The molecule has 4 aliphatic rings. The molecule has 0 bridgehead atoms. The predicted octanol–water partition coefficient (Wildman–Crippen LogP) is 3.68. The van der Waals surface area contributed by atoms with E-state index in [1.54, 1.807) is 0 Å². The van der Waals surface area contributed by atoms with Gasteiger partial charge in [-0.2, -0.15) is 0 Å². The molecular weight excluding hydrogens is 380 g/mol. The van der Waals surface area contributed by atoms with Crippen LogP contribution in [0, 0.1) is 5.41 Å². The minimum atomic E-state index is -0.518. The van der Waals surface area contributed by atoms with Crippen LogP contribution < -0.4 is 5.32 Å².